The SMILES string of the molecule is Clc1cc(Cl)c(N=Cc2ccccc2)c(Cl)c1. The zero-order chi connectivity index (χ0) is 12.3. The van der Waals surface area contributed by atoms with Crippen LogP contribution < -0.4 is 0 Å². The Kier molecular flexibility index (Phi) is 4.06. The summed E-state index contributed by atoms with van der Waals surface area (Å²) in [5.74, 6) is 0. The van der Waals surface area contributed by atoms with Gasteiger partial charge in [-0.25, -0.2) is 0 Å². The van der Waals surface area contributed by atoms with Crippen molar-refractivity contribution in [2.75, 3.05) is 0 Å². The van der Waals surface area contributed by atoms with Crippen molar-refractivity contribution in [2.45, 2.75) is 0 Å². The number of rotatable bonds is 2. The third kappa shape index (κ3) is 3.22. The second-order valence-electron chi connectivity index (χ2n) is 3.39. The van der Waals surface area contributed by atoms with Crippen LogP contribution in [0.2, 0.25) is 15.1 Å². The largest absolute Gasteiger partial charge is 0.253 e. The molecule has 0 aliphatic heterocycles. The van der Waals surface area contributed by atoms with Crippen molar-refractivity contribution < 1.29 is 0 Å². The van der Waals surface area contributed by atoms with Crippen LogP contribution in [0, 0.1) is 0 Å². The van der Waals surface area contributed by atoms with Gasteiger partial charge in [0.2, 0.25) is 0 Å². The van der Waals surface area contributed by atoms with Gasteiger partial charge >= 0.3 is 0 Å². The van der Waals surface area contributed by atoms with E-state index in [1.165, 1.54) is 0 Å². The molecule has 0 amide bonds. The molecule has 0 fully saturated rings. The average Bonchev–Trinajstić information content (AvgIpc) is 2.29. The molecule has 0 radical (unpaired) electrons. The summed E-state index contributed by atoms with van der Waals surface area (Å²) in [5, 5.41) is 1.38. The van der Waals surface area contributed by atoms with Crippen molar-refractivity contribution in [3.05, 3.63) is 63.1 Å². The van der Waals surface area contributed by atoms with Crippen molar-refractivity contribution in [1.82, 2.24) is 0 Å². The van der Waals surface area contributed by atoms with Crippen LogP contribution in [0.25, 0.3) is 0 Å². The first-order valence-corrected chi connectivity index (χ1v) is 6.04. The standard InChI is InChI=1S/C13H8Cl3N/c14-10-6-11(15)13(12(16)7-10)17-8-9-4-2-1-3-5-9/h1-8H. The molecule has 0 bridgehead atoms. The van der Waals surface area contributed by atoms with Crippen molar-refractivity contribution in [2.24, 2.45) is 4.99 Å². The lowest BCUT2D eigenvalue weighted by Gasteiger charge is -2.02. The number of nitrogens with zero attached hydrogens (tertiary/aromatic N) is 1. The number of aliphatic imine (C=N–C) groups is 1. The monoisotopic (exact) mass is 283 g/mol. The molecule has 0 aliphatic rings. The molecule has 1 nitrogen and oxygen atoms in total. The molecule has 2 aromatic carbocycles. The summed E-state index contributed by atoms with van der Waals surface area (Å²) >= 11 is 17.9. The smallest absolute Gasteiger partial charge is 0.100 e. The zero-order valence-electron chi connectivity index (χ0n) is 8.70. The molecular formula is C13H8Cl3N. The minimum absolute atomic E-state index is 0.440. The Hall–Kier alpha value is -1.02. The molecule has 0 spiro atoms. The molecule has 0 saturated carbocycles. The second kappa shape index (κ2) is 5.54. The third-order valence-electron chi connectivity index (χ3n) is 2.12. The van der Waals surface area contributed by atoms with Gasteiger partial charge in [-0.1, -0.05) is 65.1 Å². The van der Waals surface area contributed by atoms with Crippen LogP contribution in [0.5, 0.6) is 0 Å². The van der Waals surface area contributed by atoms with E-state index in [2.05, 4.69) is 4.99 Å². The predicted octanol–water partition coefficient (Wildman–Crippen LogP) is 5.40. The van der Waals surface area contributed by atoms with E-state index < -0.39 is 0 Å². The molecule has 0 atom stereocenters. The maximum absolute atomic E-state index is 6.02. The van der Waals surface area contributed by atoms with Crippen LogP contribution in [0.3, 0.4) is 0 Å². The Bertz CT molecular complexity index is 527. The van der Waals surface area contributed by atoms with Gasteiger partial charge < -0.3 is 0 Å². The fourth-order valence-corrected chi connectivity index (χ4v) is 2.25. The van der Waals surface area contributed by atoms with E-state index in [0.29, 0.717) is 20.8 Å². The number of hydrogen-bond donors (Lipinski definition) is 0. The number of halogens is 3. The molecule has 17 heavy (non-hydrogen) atoms. The van der Waals surface area contributed by atoms with E-state index in [4.69, 9.17) is 34.8 Å². The van der Waals surface area contributed by atoms with Crippen LogP contribution in [0.4, 0.5) is 5.69 Å². The highest BCUT2D eigenvalue weighted by atomic mass is 35.5. The predicted molar refractivity (Wildman–Crippen MR) is 75.2 cm³/mol. The zero-order valence-corrected chi connectivity index (χ0v) is 11.0. The van der Waals surface area contributed by atoms with Gasteiger partial charge in [0, 0.05) is 11.2 Å². The molecule has 0 heterocycles. The second-order valence-corrected chi connectivity index (χ2v) is 4.64. The van der Waals surface area contributed by atoms with Crippen LogP contribution in [-0.2, 0) is 0 Å². The molecule has 86 valence electrons. The molecule has 0 saturated heterocycles. The Labute approximate surface area is 115 Å². The summed E-state index contributed by atoms with van der Waals surface area (Å²) in [6.45, 7) is 0. The number of hydrogen-bond acceptors (Lipinski definition) is 1. The molecule has 4 heteroatoms. The Morgan fingerprint density at radius 3 is 2.06 bits per heavy atom. The fourth-order valence-electron chi connectivity index (χ4n) is 1.34. The molecule has 0 N–H and O–H groups in total. The van der Waals surface area contributed by atoms with E-state index in [0.717, 1.165) is 5.56 Å². The summed E-state index contributed by atoms with van der Waals surface area (Å²) in [7, 11) is 0. The minimum atomic E-state index is 0.440. The molecule has 2 rings (SSSR count). The van der Waals surface area contributed by atoms with E-state index in [-0.39, 0.29) is 0 Å². The lowest BCUT2D eigenvalue weighted by Crippen LogP contribution is -1.79. The van der Waals surface area contributed by atoms with Gasteiger partial charge in [0.25, 0.3) is 0 Å². The molecule has 2 aromatic rings. The van der Waals surface area contributed by atoms with Gasteiger partial charge in [0.05, 0.1) is 10.0 Å². The lowest BCUT2D eigenvalue weighted by atomic mass is 10.2. The van der Waals surface area contributed by atoms with Crippen LogP contribution >= 0.6 is 34.8 Å². The van der Waals surface area contributed by atoms with Gasteiger partial charge in [0.1, 0.15) is 5.69 Å². The maximum atomic E-state index is 6.02. The summed E-state index contributed by atoms with van der Waals surface area (Å²) < 4.78 is 0. The van der Waals surface area contributed by atoms with Crippen molar-refractivity contribution in [3.63, 3.8) is 0 Å². The summed E-state index contributed by atoms with van der Waals surface area (Å²) in [4.78, 5) is 4.27. The Morgan fingerprint density at radius 1 is 0.882 bits per heavy atom. The summed E-state index contributed by atoms with van der Waals surface area (Å²) in [6, 6.07) is 12.9. The van der Waals surface area contributed by atoms with Crippen molar-refractivity contribution >= 4 is 46.7 Å². The van der Waals surface area contributed by atoms with Gasteiger partial charge in [0.15, 0.2) is 0 Å². The van der Waals surface area contributed by atoms with Gasteiger partial charge in [-0.05, 0) is 17.7 Å². The van der Waals surface area contributed by atoms with E-state index in [1.54, 1.807) is 18.3 Å². The first-order chi connectivity index (χ1) is 8.16. The first kappa shape index (κ1) is 12.4. The van der Waals surface area contributed by atoms with Gasteiger partial charge in [-0.3, -0.25) is 4.99 Å². The van der Waals surface area contributed by atoms with Crippen molar-refractivity contribution in [1.29, 1.82) is 0 Å². The van der Waals surface area contributed by atoms with Crippen molar-refractivity contribution in [3.8, 4) is 0 Å². The van der Waals surface area contributed by atoms with Gasteiger partial charge in [-0.2, -0.15) is 0 Å². The first-order valence-electron chi connectivity index (χ1n) is 4.90. The van der Waals surface area contributed by atoms with E-state index >= 15 is 0 Å². The molecule has 0 unspecified atom stereocenters. The summed E-state index contributed by atoms with van der Waals surface area (Å²) in [6.07, 6.45) is 1.71. The Morgan fingerprint density at radius 2 is 1.47 bits per heavy atom. The maximum Gasteiger partial charge on any atom is 0.100 e. The highest BCUT2D eigenvalue weighted by molar-refractivity contribution is 6.41. The van der Waals surface area contributed by atoms with E-state index in [1.807, 2.05) is 30.3 Å². The average molecular weight is 285 g/mol. The third-order valence-corrected chi connectivity index (χ3v) is 2.92. The van der Waals surface area contributed by atoms with Crippen LogP contribution in [0.1, 0.15) is 5.56 Å². The molecule has 0 aromatic heterocycles. The number of benzene rings is 2. The molecule has 0 aliphatic carbocycles. The van der Waals surface area contributed by atoms with E-state index in [9.17, 15) is 0 Å². The lowest BCUT2D eigenvalue weighted by molar-refractivity contribution is 1.52. The van der Waals surface area contributed by atoms with Crippen LogP contribution in [-0.4, -0.2) is 6.21 Å². The van der Waals surface area contributed by atoms with Gasteiger partial charge in [-0.15, -0.1) is 0 Å². The fraction of sp³-hybridized carbons (Fsp3) is 0. The highest BCUT2D eigenvalue weighted by Crippen LogP contribution is 2.35. The normalized spacial score (nSPS) is 11.0. The Balaban J connectivity index is 2.34. The minimum Gasteiger partial charge on any atom is -0.253 e. The molecular weight excluding hydrogens is 277 g/mol. The summed E-state index contributed by atoms with van der Waals surface area (Å²) in [5.41, 5.74) is 1.51. The quantitative estimate of drug-likeness (QED) is 0.655. The topological polar surface area (TPSA) is 12.4 Å². The van der Waals surface area contributed by atoms with Crippen LogP contribution in [0.15, 0.2) is 47.5 Å². The highest BCUT2D eigenvalue weighted by Gasteiger charge is 2.05.